The highest BCUT2D eigenvalue weighted by Gasteiger charge is 2.28. The summed E-state index contributed by atoms with van der Waals surface area (Å²) in [4.78, 5) is 25.0. The number of nitrogens with two attached hydrogens (primary N) is 1. The van der Waals surface area contributed by atoms with E-state index in [0.717, 1.165) is 5.56 Å². The lowest BCUT2D eigenvalue weighted by atomic mass is 9.93. The van der Waals surface area contributed by atoms with Crippen LogP contribution >= 0.6 is 0 Å². The van der Waals surface area contributed by atoms with E-state index in [9.17, 15) is 9.59 Å². The first kappa shape index (κ1) is 25.8. The Morgan fingerprint density at radius 1 is 0.970 bits per heavy atom. The maximum absolute atomic E-state index is 12.6. The largest absolute Gasteiger partial charge is 0.497 e. The zero-order valence-electron chi connectivity index (χ0n) is 20.1. The molecule has 2 rings (SSSR count). The minimum absolute atomic E-state index is 0.201. The number of nitrogens with one attached hydrogen (secondary N) is 1. The topological polar surface area (TPSA) is 118 Å². The second-order valence-electron chi connectivity index (χ2n) is 8.13. The van der Waals surface area contributed by atoms with Gasteiger partial charge in [-0.15, -0.1) is 0 Å². The van der Waals surface area contributed by atoms with Crippen LogP contribution in [0.3, 0.4) is 0 Å². The monoisotopic (exact) mass is 460 g/mol. The number of alkyl carbamates (subject to hydrolysis) is 1. The summed E-state index contributed by atoms with van der Waals surface area (Å²) in [5.41, 5.74) is 7.80. The molecule has 0 fully saturated rings. The van der Waals surface area contributed by atoms with Gasteiger partial charge < -0.3 is 34.7 Å². The molecule has 0 saturated heterocycles. The number of carbonyl (C=O) groups is 2. The molecule has 0 aromatic heterocycles. The SMILES string of the molecule is COC(=O)[C@H](NC(=O)OC(C)(C)C)c1ccc(OC)c(-c2c(CN)cc(OC)cc2OC)c1. The van der Waals surface area contributed by atoms with E-state index in [4.69, 9.17) is 29.4 Å². The van der Waals surface area contributed by atoms with E-state index in [2.05, 4.69) is 5.32 Å². The summed E-state index contributed by atoms with van der Waals surface area (Å²) in [5.74, 6) is 0.973. The van der Waals surface area contributed by atoms with Crippen LogP contribution in [0.1, 0.15) is 37.9 Å². The molecular weight excluding hydrogens is 428 g/mol. The third kappa shape index (κ3) is 6.29. The number of benzene rings is 2. The molecule has 9 heteroatoms. The van der Waals surface area contributed by atoms with Gasteiger partial charge in [0, 0.05) is 23.7 Å². The molecule has 0 spiro atoms. The lowest BCUT2D eigenvalue weighted by molar-refractivity contribution is -0.143. The van der Waals surface area contributed by atoms with Crippen molar-refractivity contribution in [1.29, 1.82) is 0 Å². The first-order chi connectivity index (χ1) is 15.6. The quantitative estimate of drug-likeness (QED) is 0.574. The predicted molar refractivity (Wildman–Crippen MR) is 124 cm³/mol. The average Bonchev–Trinajstić information content (AvgIpc) is 2.79. The summed E-state index contributed by atoms with van der Waals surface area (Å²) in [6.07, 6.45) is -0.750. The summed E-state index contributed by atoms with van der Waals surface area (Å²) < 4.78 is 26.7. The standard InChI is InChI=1S/C24H32N2O7/c1-24(2,3)33-23(28)26-21(22(27)32-7)14-8-9-18(30-5)17(11-14)20-15(13-25)10-16(29-4)12-19(20)31-6/h8-12,21H,13,25H2,1-7H3,(H,26,28)/t21-/m1/s1. The summed E-state index contributed by atoms with van der Waals surface area (Å²) in [5, 5.41) is 2.58. The second kappa shape index (κ2) is 10.9. The van der Waals surface area contributed by atoms with Gasteiger partial charge >= 0.3 is 12.1 Å². The minimum Gasteiger partial charge on any atom is -0.497 e. The van der Waals surface area contributed by atoms with Crippen LogP contribution < -0.4 is 25.3 Å². The van der Waals surface area contributed by atoms with Crippen molar-refractivity contribution in [3.05, 3.63) is 41.5 Å². The molecule has 3 N–H and O–H groups in total. The van der Waals surface area contributed by atoms with Crippen LogP contribution in [0.2, 0.25) is 0 Å². The lowest BCUT2D eigenvalue weighted by Gasteiger charge is -2.24. The third-order valence-electron chi connectivity index (χ3n) is 4.76. The van der Waals surface area contributed by atoms with Crippen LogP contribution in [0.4, 0.5) is 4.79 Å². The van der Waals surface area contributed by atoms with Crippen molar-refractivity contribution in [2.24, 2.45) is 5.73 Å². The van der Waals surface area contributed by atoms with E-state index in [1.54, 1.807) is 58.2 Å². The molecule has 0 unspecified atom stereocenters. The van der Waals surface area contributed by atoms with Gasteiger partial charge in [0.2, 0.25) is 0 Å². The molecule has 9 nitrogen and oxygen atoms in total. The minimum atomic E-state index is -1.11. The lowest BCUT2D eigenvalue weighted by Crippen LogP contribution is -2.38. The van der Waals surface area contributed by atoms with Crippen molar-refractivity contribution in [2.45, 2.75) is 39.0 Å². The Labute approximate surface area is 194 Å². The number of esters is 1. The highest BCUT2D eigenvalue weighted by molar-refractivity contribution is 5.85. The summed E-state index contributed by atoms with van der Waals surface area (Å²) >= 11 is 0. The Morgan fingerprint density at radius 3 is 2.15 bits per heavy atom. The highest BCUT2D eigenvalue weighted by Crippen LogP contribution is 2.42. The van der Waals surface area contributed by atoms with E-state index >= 15 is 0 Å². The molecule has 0 radical (unpaired) electrons. The number of rotatable bonds is 8. The summed E-state index contributed by atoms with van der Waals surface area (Å²) in [7, 11) is 5.87. The maximum Gasteiger partial charge on any atom is 0.408 e. The predicted octanol–water partition coefficient (Wildman–Crippen LogP) is 3.58. The molecule has 0 aliphatic carbocycles. The Morgan fingerprint density at radius 2 is 1.64 bits per heavy atom. The number of methoxy groups -OCH3 is 4. The summed E-state index contributed by atoms with van der Waals surface area (Å²) in [6.45, 7) is 5.40. The third-order valence-corrected chi connectivity index (χ3v) is 4.76. The van der Waals surface area contributed by atoms with Gasteiger partial charge in [0.1, 0.15) is 22.8 Å². The van der Waals surface area contributed by atoms with Gasteiger partial charge in [0.05, 0.1) is 28.4 Å². The molecule has 33 heavy (non-hydrogen) atoms. The zero-order chi connectivity index (χ0) is 24.8. The Hall–Kier alpha value is -3.46. The Kier molecular flexibility index (Phi) is 8.53. The fraction of sp³-hybridized carbons (Fsp3) is 0.417. The molecule has 0 saturated carbocycles. The van der Waals surface area contributed by atoms with Crippen molar-refractivity contribution in [3.8, 4) is 28.4 Å². The molecule has 2 aromatic carbocycles. The van der Waals surface area contributed by atoms with E-state index in [1.807, 2.05) is 0 Å². The number of amides is 1. The van der Waals surface area contributed by atoms with E-state index in [0.29, 0.717) is 33.9 Å². The first-order valence-electron chi connectivity index (χ1n) is 10.3. The van der Waals surface area contributed by atoms with Crippen molar-refractivity contribution < 1.29 is 33.3 Å². The molecular formula is C24H32N2O7. The van der Waals surface area contributed by atoms with Crippen LogP contribution in [0.15, 0.2) is 30.3 Å². The fourth-order valence-corrected chi connectivity index (χ4v) is 3.31. The molecule has 1 atom stereocenters. The van der Waals surface area contributed by atoms with Crippen molar-refractivity contribution in [1.82, 2.24) is 5.32 Å². The fourth-order valence-electron chi connectivity index (χ4n) is 3.31. The van der Waals surface area contributed by atoms with E-state index in [1.165, 1.54) is 21.3 Å². The van der Waals surface area contributed by atoms with Gasteiger partial charge in [-0.05, 0) is 50.1 Å². The molecule has 180 valence electrons. The summed E-state index contributed by atoms with van der Waals surface area (Å²) in [6, 6.07) is 7.51. The smallest absolute Gasteiger partial charge is 0.408 e. The molecule has 0 heterocycles. The van der Waals surface area contributed by atoms with Crippen molar-refractivity contribution >= 4 is 12.1 Å². The van der Waals surface area contributed by atoms with Crippen LogP contribution in [0.25, 0.3) is 11.1 Å². The van der Waals surface area contributed by atoms with Gasteiger partial charge in [-0.3, -0.25) is 0 Å². The average molecular weight is 461 g/mol. The van der Waals surface area contributed by atoms with Crippen molar-refractivity contribution in [2.75, 3.05) is 28.4 Å². The Bertz CT molecular complexity index is 974. The van der Waals surface area contributed by atoms with E-state index in [-0.39, 0.29) is 6.54 Å². The van der Waals surface area contributed by atoms with Gasteiger partial charge in [-0.25, -0.2) is 9.59 Å². The maximum atomic E-state index is 12.6. The molecule has 1 amide bonds. The molecule has 0 aliphatic rings. The van der Waals surface area contributed by atoms with Gasteiger partial charge in [-0.2, -0.15) is 0 Å². The van der Waals surface area contributed by atoms with Gasteiger partial charge in [0.25, 0.3) is 0 Å². The number of ether oxygens (including phenoxy) is 5. The van der Waals surface area contributed by atoms with Crippen LogP contribution in [0.5, 0.6) is 17.2 Å². The van der Waals surface area contributed by atoms with Gasteiger partial charge in [-0.1, -0.05) is 6.07 Å². The second-order valence-corrected chi connectivity index (χ2v) is 8.13. The number of hydrogen-bond donors (Lipinski definition) is 2. The molecule has 0 bridgehead atoms. The zero-order valence-corrected chi connectivity index (χ0v) is 20.1. The van der Waals surface area contributed by atoms with Gasteiger partial charge in [0.15, 0.2) is 6.04 Å². The van der Waals surface area contributed by atoms with Crippen LogP contribution in [0, 0.1) is 0 Å². The number of hydrogen-bond acceptors (Lipinski definition) is 8. The van der Waals surface area contributed by atoms with E-state index < -0.39 is 23.7 Å². The molecule has 0 aliphatic heterocycles. The molecule has 2 aromatic rings. The van der Waals surface area contributed by atoms with Crippen molar-refractivity contribution in [3.63, 3.8) is 0 Å². The van der Waals surface area contributed by atoms with Crippen LogP contribution in [-0.2, 0) is 20.8 Å². The number of carbonyl (C=O) groups excluding carboxylic acids is 2. The van der Waals surface area contributed by atoms with Crippen LogP contribution in [-0.4, -0.2) is 46.1 Å². The first-order valence-corrected chi connectivity index (χ1v) is 10.3. The highest BCUT2D eigenvalue weighted by atomic mass is 16.6. The normalized spacial score (nSPS) is 11.9. The Balaban J connectivity index is 2.65.